The zero-order valence-corrected chi connectivity index (χ0v) is 14.7. The summed E-state index contributed by atoms with van der Waals surface area (Å²) in [5.74, 6) is -0.202. The number of hydrogen-bond acceptors (Lipinski definition) is 4. The third-order valence-electron chi connectivity index (χ3n) is 4.76. The molecule has 1 aliphatic rings. The molecule has 0 bridgehead atoms. The first-order valence-corrected chi connectivity index (χ1v) is 9.07. The first kappa shape index (κ1) is 18.0. The third-order valence-corrected chi connectivity index (χ3v) is 4.76. The molecule has 136 valence electrons. The lowest BCUT2D eigenvalue weighted by molar-refractivity contribution is -0.130. The summed E-state index contributed by atoms with van der Waals surface area (Å²) in [7, 11) is 0. The molecule has 0 spiro atoms. The number of rotatable bonds is 6. The number of pyridine rings is 2. The van der Waals surface area contributed by atoms with E-state index in [1.807, 2.05) is 36.4 Å². The van der Waals surface area contributed by atoms with E-state index in [9.17, 15) is 9.59 Å². The highest BCUT2D eigenvalue weighted by Gasteiger charge is 2.31. The highest BCUT2D eigenvalue weighted by molar-refractivity contribution is 5.82. The van der Waals surface area contributed by atoms with Crippen molar-refractivity contribution in [2.45, 2.75) is 38.8 Å². The minimum atomic E-state index is -0.113. The molecule has 1 saturated carbocycles. The predicted octanol–water partition coefficient (Wildman–Crippen LogP) is 2.22. The molecule has 26 heavy (non-hydrogen) atoms. The van der Waals surface area contributed by atoms with Gasteiger partial charge in [-0.05, 0) is 43.5 Å². The summed E-state index contributed by atoms with van der Waals surface area (Å²) >= 11 is 0. The topological polar surface area (TPSA) is 84.0 Å². The van der Waals surface area contributed by atoms with Crippen molar-refractivity contribution in [2.75, 3.05) is 0 Å². The molecular formula is C20H24N4O2. The molecule has 0 unspecified atom stereocenters. The smallest absolute Gasteiger partial charge is 0.223 e. The van der Waals surface area contributed by atoms with Crippen LogP contribution in [-0.2, 0) is 22.7 Å². The van der Waals surface area contributed by atoms with Gasteiger partial charge in [-0.3, -0.25) is 19.6 Å². The molecule has 2 aromatic rings. The quantitative estimate of drug-likeness (QED) is 0.835. The van der Waals surface area contributed by atoms with Gasteiger partial charge in [-0.15, -0.1) is 0 Å². The Hall–Kier alpha value is -2.76. The van der Waals surface area contributed by atoms with E-state index in [2.05, 4.69) is 20.6 Å². The second-order valence-electron chi connectivity index (χ2n) is 6.64. The van der Waals surface area contributed by atoms with E-state index >= 15 is 0 Å². The van der Waals surface area contributed by atoms with Crippen LogP contribution in [0.3, 0.4) is 0 Å². The summed E-state index contributed by atoms with van der Waals surface area (Å²) < 4.78 is 0. The van der Waals surface area contributed by atoms with E-state index in [1.54, 1.807) is 12.4 Å². The van der Waals surface area contributed by atoms with Crippen LogP contribution in [0.2, 0.25) is 0 Å². The SMILES string of the molecule is O=C(NCc1ccccn1)[C@H]1CCC[C@H](C(=O)NCc2ccccn2)C1. The van der Waals surface area contributed by atoms with Gasteiger partial charge in [-0.25, -0.2) is 0 Å². The molecule has 0 saturated heterocycles. The molecular weight excluding hydrogens is 328 g/mol. The minimum absolute atomic E-state index is 0.0119. The van der Waals surface area contributed by atoms with Crippen molar-refractivity contribution >= 4 is 11.8 Å². The fourth-order valence-corrected chi connectivity index (χ4v) is 3.32. The molecule has 6 heteroatoms. The number of carbonyl (C=O) groups is 2. The van der Waals surface area contributed by atoms with Crippen LogP contribution < -0.4 is 10.6 Å². The summed E-state index contributed by atoms with van der Waals surface area (Å²) in [6, 6.07) is 11.3. The zero-order chi connectivity index (χ0) is 18.2. The highest BCUT2D eigenvalue weighted by atomic mass is 16.2. The average molecular weight is 352 g/mol. The number of aromatic nitrogens is 2. The van der Waals surface area contributed by atoms with E-state index in [0.29, 0.717) is 19.5 Å². The van der Waals surface area contributed by atoms with Gasteiger partial charge in [0.15, 0.2) is 0 Å². The van der Waals surface area contributed by atoms with Crippen molar-refractivity contribution in [3.05, 3.63) is 60.2 Å². The Morgan fingerprint density at radius 3 is 1.77 bits per heavy atom. The molecule has 2 amide bonds. The lowest BCUT2D eigenvalue weighted by Crippen LogP contribution is -2.38. The maximum absolute atomic E-state index is 12.4. The first-order valence-electron chi connectivity index (χ1n) is 9.07. The van der Waals surface area contributed by atoms with Crippen molar-refractivity contribution < 1.29 is 9.59 Å². The molecule has 2 atom stereocenters. The number of carbonyl (C=O) groups excluding carboxylic acids is 2. The van der Waals surface area contributed by atoms with Gasteiger partial charge < -0.3 is 10.6 Å². The Balaban J connectivity index is 1.47. The fourth-order valence-electron chi connectivity index (χ4n) is 3.32. The molecule has 6 nitrogen and oxygen atoms in total. The van der Waals surface area contributed by atoms with Gasteiger partial charge in [0.1, 0.15) is 0 Å². The van der Waals surface area contributed by atoms with Gasteiger partial charge in [0.25, 0.3) is 0 Å². The van der Waals surface area contributed by atoms with Crippen molar-refractivity contribution in [1.29, 1.82) is 0 Å². The molecule has 0 aliphatic heterocycles. The summed E-state index contributed by atoms with van der Waals surface area (Å²) in [6.45, 7) is 0.847. The zero-order valence-electron chi connectivity index (χ0n) is 14.7. The van der Waals surface area contributed by atoms with Crippen LogP contribution in [-0.4, -0.2) is 21.8 Å². The average Bonchev–Trinajstić information content (AvgIpc) is 2.72. The maximum Gasteiger partial charge on any atom is 0.223 e. The number of hydrogen-bond donors (Lipinski definition) is 2. The van der Waals surface area contributed by atoms with Crippen LogP contribution in [0.4, 0.5) is 0 Å². The van der Waals surface area contributed by atoms with Gasteiger partial charge in [0.2, 0.25) is 11.8 Å². The fraction of sp³-hybridized carbons (Fsp3) is 0.400. The van der Waals surface area contributed by atoms with Crippen LogP contribution in [0.5, 0.6) is 0 Å². The van der Waals surface area contributed by atoms with Crippen molar-refractivity contribution in [3.8, 4) is 0 Å². The summed E-state index contributed by atoms with van der Waals surface area (Å²) in [6.07, 6.45) is 6.58. The highest BCUT2D eigenvalue weighted by Crippen LogP contribution is 2.29. The molecule has 2 heterocycles. The normalized spacial score (nSPS) is 19.5. The Bertz CT molecular complexity index is 660. The van der Waals surface area contributed by atoms with E-state index in [0.717, 1.165) is 30.7 Å². The monoisotopic (exact) mass is 352 g/mol. The molecule has 1 fully saturated rings. The van der Waals surface area contributed by atoms with E-state index < -0.39 is 0 Å². The minimum Gasteiger partial charge on any atom is -0.350 e. The molecule has 2 N–H and O–H groups in total. The Morgan fingerprint density at radius 1 is 0.846 bits per heavy atom. The van der Waals surface area contributed by atoms with Crippen LogP contribution in [0.25, 0.3) is 0 Å². The molecule has 3 rings (SSSR count). The molecule has 1 aliphatic carbocycles. The van der Waals surface area contributed by atoms with Crippen LogP contribution in [0, 0.1) is 11.8 Å². The Kier molecular flexibility index (Phi) is 6.30. The molecule has 0 aromatic carbocycles. The van der Waals surface area contributed by atoms with Gasteiger partial charge in [0.05, 0.1) is 24.5 Å². The maximum atomic E-state index is 12.4. The van der Waals surface area contributed by atoms with Gasteiger partial charge in [-0.2, -0.15) is 0 Å². The Labute approximate surface area is 153 Å². The summed E-state index contributed by atoms with van der Waals surface area (Å²) in [5.41, 5.74) is 1.67. The lowest BCUT2D eigenvalue weighted by atomic mass is 9.80. The summed E-state index contributed by atoms with van der Waals surface area (Å²) in [5, 5.41) is 5.89. The van der Waals surface area contributed by atoms with Crippen molar-refractivity contribution in [3.63, 3.8) is 0 Å². The number of nitrogens with one attached hydrogen (secondary N) is 2. The third kappa shape index (κ3) is 5.12. The van der Waals surface area contributed by atoms with Crippen LogP contribution in [0.1, 0.15) is 37.1 Å². The largest absolute Gasteiger partial charge is 0.350 e. The second-order valence-corrected chi connectivity index (χ2v) is 6.64. The van der Waals surface area contributed by atoms with E-state index in [1.165, 1.54) is 0 Å². The second kappa shape index (κ2) is 9.08. The van der Waals surface area contributed by atoms with E-state index in [4.69, 9.17) is 0 Å². The van der Waals surface area contributed by atoms with Gasteiger partial charge in [0, 0.05) is 24.2 Å². The first-order chi connectivity index (χ1) is 12.7. The van der Waals surface area contributed by atoms with Crippen LogP contribution >= 0.6 is 0 Å². The summed E-state index contributed by atoms with van der Waals surface area (Å²) in [4.78, 5) is 33.3. The van der Waals surface area contributed by atoms with Gasteiger partial charge >= 0.3 is 0 Å². The number of amides is 2. The van der Waals surface area contributed by atoms with Crippen LogP contribution in [0.15, 0.2) is 48.8 Å². The van der Waals surface area contributed by atoms with Gasteiger partial charge in [-0.1, -0.05) is 18.6 Å². The van der Waals surface area contributed by atoms with Crippen molar-refractivity contribution in [2.24, 2.45) is 11.8 Å². The molecule has 0 radical (unpaired) electrons. The Morgan fingerprint density at radius 2 is 1.35 bits per heavy atom. The lowest BCUT2D eigenvalue weighted by Gasteiger charge is -2.27. The standard InChI is InChI=1S/C20H24N4O2/c25-19(23-13-17-8-1-3-10-21-17)15-6-5-7-16(12-15)20(26)24-14-18-9-2-4-11-22-18/h1-4,8-11,15-16H,5-7,12-14H2,(H,23,25)(H,24,26)/t15-,16-/m0/s1. The molecule has 2 aromatic heterocycles. The predicted molar refractivity (Wildman–Crippen MR) is 97.6 cm³/mol. The van der Waals surface area contributed by atoms with E-state index in [-0.39, 0.29) is 23.7 Å². The number of nitrogens with zero attached hydrogens (tertiary/aromatic N) is 2. The van der Waals surface area contributed by atoms with Crippen molar-refractivity contribution in [1.82, 2.24) is 20.6 Å².